The van der Waals surface area contributed by atoms with E-state index in [4.69, 9.17) is 4.98 Å². The molecule has 3 rings (SSSR count). The van der Waals surface area contributed by atoms with Gasteiger partial charge < -0.3 is 4.57 Å². The van der Waals surface area contributed by atoms with Crippen LogP contribution in [0.5, 0.6) is 0 Å². The Morgan fingerprint density at radius 3 is 2.60 bits per heavy atom. The summed E-state index contributed by atoms with van der Waals surface area (Å²) in [4.78, 5) is 13.9. The van der Waals surface area contributed by atoms with Crippen molar-refractivity contribution in [3.05, 3.63) is 60.0 Å². The summed E-state index contributed by atoms with van der Waals surface area (Å²) < 4.78 is 2.17. The highest BCUT2D eigenvalue weighted by Crippen LogP contribution is 2.23. The van der Waals surface area contributed by atoms with Crippen LogP contribution in [0.15, 0.2) is 47.7 Å². The fourth-order valence-electron chi connectivity index (χ4n) is 3.69. The molecule has 0 N–H and O–H groups in total. The van der Waals surface area contributed by atoms with E-state index < -0.39 is 0 Å². The van der Waals surface area contributed by atoms with Crippen molar-refractivity contribution in [2.24, 2.45) is 12.0 Å². The van der Waals surface area contributed by atoms with Crippen LogP contribution in [0.1, 0.15) is 77.9 Å². The summed E-state index contributed by atoms with van der Waals surface area (Å²) in [6.07, 6.45) is 14.9. The molecule has 2 aromatic rings. The molecule has 0 aliphatic carbocycles. The molecule has 0 aromatic carbocycles. The molecule has 0 fully saturated rings. The van der Waals surface area contributed by atoms with E-state index in [0.717, 1.165) is 59.9 Å². The Morgan fingerprint density at radius 1 is 1.13 bits per heavy atom. The molecule has 0 saturated heterocycles. The van der Waals surface area contributed by atoms with Crippen LogP contribution in [-0.2, 0) is 19.9 Å². The Morgan fingerprint density at radius 2 is 1.90 bits per heavy atom. The minimum absolute atomic E-state index is 0. The number of aryl methyl sites for hydroxylation is 4. The normalized spacial score (nSPS) is 12.5. The largest absolute Gasteiger partial charge is 0.337 e. The fourth-order valence-corrected chi connectivity index (χ4v) is 3.69. The highest BCUT2D eigenvalue weighted by atomic mass is 15.0. The second-order valence-electron chi connectivity index (χ2n) is 7.64. The van der Waals surface area contributed by atoms with E-state index in [-0.39, 0.29) is 1.43 Å². The van der Waals surface area contributed by atoms with Gasteiger partial charge in [0.25, 0.3) is 0 Å². The first-order valence-electron chi connectivity index (χ1n) is 11.5. The monoisotopic (exact) mass is 408 g/mol. The molecule has 30 heavy (non-hydrogen) atoms. The zero-order valence-electron chi connectivity index (χ0n) is 19.5. The lowest BCUT2D eigenvalue weighted by Crippen LogP contribution is -1.99. The van der Waals surface area contributed by atoms with Crippen molar-refractivity contribution in [3.8, 4) is 11.3 Å². The number of allylic oxidation sites excluding steroid dienone is 2. The Bertz CT molecular complexity index is 893. The van der Waals surface area contributed by atoms with E-state index in [0.29, 0.717) is 0 Å². The second kappa shape index (κ2) is 12.3. The number of unbranched alkanes of at least 4 members (excludes halogenated alkanes) is 3. The number of aromatic nitrogens is 3. The van der Waals surface area contributed by atoms with Crippen LogP contribution < -0.4 is 0 Å². The molecule has 0 spiro atoms. The van der Waals surface area contributed by atoms with E-state index in [2.05, 4.69) is 59.5 Å². The van der Waals surface area contributed by atoms with Gasteiger partial charge in [-0.3, -0.25) is 9.98 Å². The third-order valence-electron chi connectivity index (χ3n) is 5.38. The van der Waals surface area contributed by atoms with Gasteiger partial charge in [-0.25, -0.2) is 4.98 Å². The molecule has 2 aromatic heterocycles. The topological polar surface area (TPSA) is 43.1 Å². The van der Waals surface area contributed by atoms with Crippen LogP contribution in [0.4, 0.5) is 0 Å². The van der Waals surface area contributed by atoms with E-state index in [1.807, 2.05) is 27.0 Å². The van der Waals surface area contributed by atoms with Gasteiger partial charge in [0.05, 0.1) is 5.69 Å². The maximum absolute atomic E-state index is 4.90. The average Bonchev–Trinajstić information content (AvgIpc) is 3.42. The minimum Gasteiger partial charge on any atom is -0.337 e. The lowest BCUT2D eigenvalue weighted by Gasteiger charge is -2.06. The summed E-state index contributed by atoms with van der Waals surface area (Å²) in [5.41, 5.74) is 6.78. The maximum atomic E-state index is 4.90. The molecule has 0 unspecified atom stereocenters. The first kappa shape index (κ1) is 23.8. The van der Waals surface area contributed by atoms with Crippen molar-refractivity contribution < 1.29 is 1.43 Å². The van der Waals surface area contributed by atoms with E-state index >= 15 is 0 Å². The maximum Gasteiger partial charge on any atom is 0.109 e. The van der Waals surface area contributed by atoms with Crippen LogP contribution >= 0.6 is 0 Å². The number of aliphatic imine (C=N–C) groups is 1. The molecule has 4 nitrogen and oxygen atoms in total. The quantitative estimate of drug-likeness (QED) is 0.396. The fraction of sp³-hybridized carbons (Fsp3) is 0.500. The molecule has 0 amide bonds. The SMILES string of the molecule is C=C(CCCCCCc1nc(-c2ccc(C)nc2CC)cn1C)C1=NC=CC1.CC.[HH]. The number of hydrogen-bond donors (Lipinski definition) is 0. The van der Waals surface area contributed by atoms with Gasteiger partial charge in [-0.15, -0.1) is 0 Å². The zero-order valence-corrected chi connectivity index (χ0v) is 19.5. The van der Waals surface area contributed by atoms with Gasteiger partial charge >= 0.3 is 0 Å². The van der Waals surface area contributed by atoms with Crippen LogP contribution in [0, 0.1) is 6.92 Å². The van der Waals surface area contributed by atoms with Gasteiger partial charge in [-0.1, -0.05) is 46.3 Å². The summed E-state index contributed by atoms with van der Waals surface area (Å²) >= 11 is 0. The standard InChI is InChI=1S/C24H32N4.C2H6.H2/c1-5-21-20(15-14-19(3)26-21)23-17-28(4)24(27-23)13-9-7-6-8-11-18(2)22-12-10-16-25-22;1-2;/h10,14-17H,2,5-9,11-13H2,1,3-4H3;1-2H3;1H. The van der Waals surface area contributed by atoms with Crippen LogP contribution in [0.2, 0.25) is 0 Å². The zero-order chi connectivity index (χ0) is 21.9. The van der Waals surface area contributed by atoms with Crippen molar-refractivity contribution >= 4 is 5.71 Å². The van der Waals surface area contributed by atoms with Crippen LogP contribution in [0.3, 0.4) is 0 Å². The molecule has 3 heterocycles. The van der Waals surface area contributed by atoms with Gasteiger partial charge in [0, 0.05) is 56.4 Å². The summed E-state index contributed by atoms with van der Waals surface area (Å²) in [5, 5.41) is 0. The molecule has 0 bridgehead atoms. The predicted octanol–water partition coefficient (Wildman–Crippen LogP) is 7.03. The van der Waals surface area contributed by atoms with Crippen molar-refractivity contribution in [2.45, 2.75) is 79.1 Å². The Kier molecular flexibility index (Phi) is 9.72. The summed E-state index contributed by atoms with van der Waals surface area (Å²) in [5.74, 6) is 1.16. The summed E-state index contributed by atoms with van der Waals surface area (Å²) in [6.45, 7) is 12.4. The van der Waals surface area contributed by atoms with Gasteiger partial charge in [0.15, 0.2) is 0 Å². The van der Waals surface area contributed by atoms with Gasteiger partial charge in [0.2, 0.25) is 0 Å². The molecule has 4 heteroatoms. The van der Waals surface area contributed by atoms with Crippen LogP contribution in [0.25, 0.3) is 11.3 Å². The summed E-state index contributed by atoms with van der Waals surface area (Å²) in [7, 11) is 2.10. The lowest BCUT2D eigenvalue weighted by molar-refractivity contribution is 0.622. The number of nitrogens with zero attached hydrogens (tertiary/aromatic N) is 4. The minimum atomic E-state index is 0. The van der Waals surface area contributed by atoms with Gasteiger partial charge in [0.1, 0.15) is 5.82 Å². The predicted molar refractivity (Wildman–Crippen MR) is 131 cm³/mol. The van der Waals surface area contributed by atoms with Crippen molar-refractivity contribution in [3.63, 3.8) is 0 Å². The first-order valence-corrected chi connectivity index (χ1v) is 11.5. The number of rotatable bonds is 10. The highest BCUT2D eigenvalue weighted by molar-refractivity contribution is 6.02. The number of hydrogen-bond acceptors (Lipinski definition) is 3. The van der Waals surface area contributed by atoms with Crippen molar-refractivity contribution in [1.82, 2.24) is 14.5 Å². The third-order valence-corrected chi connectivity index (χ3v) is 5.38. The van der Waals surface area contributed by atoms with E-state index in [1.54, 1.807) is 0 Å². The Labute approximate surface area is 184 Å². The highest BCUT2D eigenvalue weighted by Gasteiger charge is 2.12. The molecule has 1 aliphatic rings. The third kappa shape index (κ3) is 6.51. The molecule has 0 radical (unpaired) electrons. The molecule has 1 aliphatic heterocycles. The molecule has 164 valence electrons. The lowest BCUT2D eigenvalue weighted by atomic mass is 10.0. The average molecular weight is 409 g/mol. The number of pyridine rings is 1. The molecule has 0 atom stereocenters. The molecular formula is C26H40N4. The van der Waals surface area contributed by atoms with Gasteiger partial charge in [-0.05, 0) is 50.3 Å². The molecular weight excluding hydrogens is 368 g/mol. The Balaban J connectivity index is 0.00000156. The van der Waals surface area contributed by atoms with Gasteiger partial charge in [-0.2, -0.15) is 0 Å². The van der Waals surface area contributed by atoms with E-state index in [1.165, 1.54) is 31.3 Å². The van der Waals surface area contributed by atoms with Crippen molar-refractivity contribution in [2.75, 3.05) is 0 Å². The van der Waals surface area contributed by atoms with E-state index in [9.17, 15) is 0 Å². The van der Waals surface area contributed by atoms with Crippen LogP contribution in [-0.4, -0.2) is 20.2 Å². The molecule has 0 saturated carbocycles. The second-order valence-corrected chi connectivity index (χ2v) is 7.64. The first-order chi connectivity index (χ1) is 14.6. The smallest absolute Gasteiger partial charge is 0.109 e. The number of imidazole rings is 1. The Hall–Kier alpha value is -2.49. The van der Waals surface area contributed by atoms with Crippen molar-refractivity contribution in [1.29, 1.82) is 0 Å². The summed E-state index contributed by atoms with van der Waals surface area (Å²) in [6, 6.07) is 4.23.